The van der Waals surface area contributed by atoms with Gasteiger partial charge in [-0.25, -0.2) is 8.42 Å². The molecular formula is C17H19BrF3N3O3S. The van der Waals surface area contributed by atoms with Crippen LogP contribution in [0, 0.1) is 0 Å². The molecular weight excluding hydrogens is 463 g/mol. The number of hydrogen-bond acceptors (Lipinski definition) is 5. The molecule has 1 heterocycles. The summed E-state index contributed by atoms with van der Waals surface area (Å²) in [5.74, 6) is 0.863. The second-order valence-electron chi connectivity index (χ2n) is 7.00. The summed E-state index contributed by atoms with van der Waals surface area (Å²) < 4.78 is 71.8. The van der Waals surface area contributed by atoms with Crippen molar-refractivity contribution in [1.82, 2.24) is 14.5 Å². The lowest BCUT2D eigenvalue weighted by molar-refractivity contribution is -0.137. The van der Waals surface area contributed by atoms with Crippen molar-refractivity contribution in [3.63, 3.8) is 0 Å². The van der Waals surface area contributed by atoms with E-state index in [-0.39, 0.29) is 21.2 Å². The van der Waals surface area contributed by atoms with Crippen LogP contribution in [-0.2, 0) is 16.2 Å². The van der Waals surface area contributed by atoms with Gasteiger partial charge in [-0.15, -0.1) is 10.2 Å². The standard InChI is InChI=1S/C17H19BrF3N3O3S/c1-9(2)24(10(3)15-22-23-16(27-15)11-4-5-11)28(25,26)14-7-6-12(8-13(14)18)17(19,20)21/h6-11H,4-5H2,1-3H3. The average Bonchev–Trinajstić information content (AvgIpc) is 3.30. The van der Waals surface area contributed by atoms with Crippen LogP contribution in [-0.4, -0.2) is 29.0 Å². The fourth-order valence-corrected chi connectivity index (χ4v) is 5.78. The molecule has 154 valence electrons. The number of aromatic nitrogens is 2. The molecule has 1 atom stereocenters. The minimum Gasteiger partial charge on any atom is -0.423 e. The highest BCUT2D eigenvalue weighted by molar-refractivity contribution is 9.10. The molecule has 11 heteroatoms. The molecule has 1 saturated carbocycles. The molecule has 3 rings (SSSR count). The molecule has 1 aliphatic rings. The van der Waals surface area contributed by atoms with Gasteiger partial charge in [-0.05, 0) is 67.7 Å². The van der Waals surface area contributed by atoms with E-state index in [1.54, 1.807) is 20.8 Å². The van der Waals surface area contributed by atoms with Gasteiger partial charge >= 0.3 is 6.18 Å². The SMILES string of the molecule is CC(C)N(C(C)c1nnc(C2CC2)o1)S(=O)(=O)c1ccc(C(F)(F)F)cc1Br. The predicted molar refractivity (Wildman–Crippen MR) is 98.0 cm³/mol. The van der Waals surface area contributed by atoms with Crippen molar-refractivity contribution in [1.29, 1.82) is 0 Å². The van der Waals surface area contributed by atoms with Crippen molar-refractivity contribution in [2.45, 2.75) is 62.7 Å². The van der Waals surface area contributed by atoms with Crippen LogP contribution in [0.3, 0.4) is 0 Å². The van der Waals surface area contributed by atoms with Gasteiger partial charge in [-0.3, -0.25) is 0 Å². The Kier molecular flexibility index (Phi) is 5.63. The van der Waals surface area contributed by atoms with Gasteiger partial charge in [0, 0.05) is 16.4 Å². The Labute approximate surface area is 169 Å². The number of sulfonamides is 1. The zero-order valence-electron chi connectivity index (χ0n) is 15.4. The van der Waals surface area contributed by atoms with E-state index in [2.05, 4.69) is 26.1 Å². The fraction of sp³-hybridized carbons (Fsp3) is 0.529. The summed E-state index contributed by atoms with van der Waals surface area (Å²) in [5.41, 5.74) is -0.937. The third kappa shape index (κ3) is 4.11. The lowest BCUT2D eigenvalue weighted by atomic mass is 10.2. The first-order chi connectivity index (χ1) is 12.9. The van der Waals surface area contributed by atoms with Crippen molar-refractivity contribution in [3.05, 3.63) is 40.0 Å². The molecule has 2 aromatic rings. The maximum atomic E-state index is 13.2. The van der Waals surface area contributed by atoms with E-state index in [0.717, 1.165) is 35.3 Å². The Morgan fingerprint density at radius 2 is 1.86 bits per heavy atom. The number of halogens is 4. The predicted octanol–water partition coefficient (Wildman–Crippen LogP) is 4.89. The molecule has 28 heavy (non-hydrogen) atoms. The van der Waals surface area contributed by atoms with Gasteiger partial charge in [0.2, 0.25) is 21.8 Å². The molecule has 0 bridgehead atoms. The smallest absolute Gasteiger partial charge is 0.416 e. The van der Waals surface area contributed by atoms with Gasteiger partial charge in [0.15, 0.2) is 0 Å². The number of rotatable bonds is 6. The van der Waals surface area contributed by atoms with Crippen LogP contribution in [0.4, 0.5) is 13.2 Å². The quantitative estimate of drug-likeness (QED) is 0.586. The van der Waals surface area contributed by atoms with Crippen molar-refractivity contribution in [3.8, 4) is 0 Å². The minimum atomic E-state index is -4.57. The summed E-state index contributed by atoms with van der Waals surface area (Å²) in [7, 11) is -4.14. The van der Waals surface area contributed by atoms with Crippen LogP contribution in [0.1, 0.15) is 62.9 Å². The monoisotopic (exact) mass is 481 g/mol. The van der Waals surface area contributed by atoms with Crippen molar-refractivity contribution in [2.24, 2.45) is 0 Å². The molecule has 0 aliphatic heterocycles. The maximum Gasteiger partial charge on any atom is 0.416 e. The average molecular weight is 482 g/mol. The Morgan fingerprint density at radius 3 is 2.36 bits per heavy atom. The lowest BCUT2D eigenvalue weighted by Crippen LogP contribution is -2.39. The van der Waals surface area contributed by atoms with Crippen LogP contribution in [0.5, 0.6) is 0 Å². The van der Waals surface area contributed by atoms with Crippen molar-refractivity contribution < 1.29 is 26.0 Å². The number of benzene rings is 1. The first-order valence-electron chi connectivity index (χ1n) is 8.66. The zero-order valence-corrected chi connectivity index (χ0v) is 17.8. The van der Waals surface area contributed by atoms with E-state index < -0.39 is 33.8 Å². The van der Waals surface area contributed by atoms with E-state index >= 15 is 0 Å². The Morgan fingerprint density at radius 1 is 1.21 bits per heavy atom. The molecule has 0 radical (unpaired) electrons. The molecule has 1 aromatic heterocycles. The van der Waals surface area contributed by atoms with Crippen LogP contribution >= 0.6 is 15.9 Å². The van der Waals surface area contributed by atoms with Gasteiger partial charge in [0.05, 0.1) is 10.5 Å². The van der Waals surface area contributed by atoms with E-state index in [9.17, 15) is 21.6 Å². The fourth-order valence-electron chi connectivity index (χ4n) is 2.95. The maximum absolute atomic E-state index is 13.2. The molecule has 0 saturated heterocycles. The summed E-state index contributed by atoms with van der Waals surface area (Å²) in [6.45, 7) is 4.95. The van der Waals surface area contributed by atoms with Gasteiger partial charge in [-0.1, -0.05) is 0 Å². The normalized spacial score (nSPS) is 16.8. The second kappa shape index (κ2) is 7.42. The lowest BCUT2D eigenvalue weighted by Gasteiger charge is -2.30. The zero-order chi connectivity index (χ0) is 20.9. The highest BCUT2D eigenvalue weighted by Crippen LogP contribution is 2.41. The summed E-state index contributed by atoms with van der Waals surface area (Å²) in [6, 6.07) is 1.19. The Balaban J connectivity index is 1.98. The molecule has 0 spiro atoms. The molecule has 6 nitrogen and oxygen atoms in total. The van der Waals surface area contributed by atoms with Gasteiger partial charge < -0.3 is 4.42 Å². The Bertz CT molecular complexity index is 972. The third-order valence-corrected chi connectivity index (χ3v) is 7.57. The molecule has 0 amide bonds. The van der Waals surface area contributed by atoms with Gasteiger partial charge in [-0.2, -0.15) is 17.5 Å². The van der Waals surface area contributed by atoms with Gasteiger partial charge in [0.25, 0.3) is 0 Å². The molecule has 1 aliphatic carbocycles. The summed E-state index contributed by atoms with van der Waals surface area (Å²) in [6.07, 6.45) is -2.65. The van der Waals surface area contributed by atoms with Crippen molar-refractivity contribution >= 4 is 26.0 Å². The molecule has 1 unspecified atom stereocenters. The van der Waals surface area contributed by atoms with E-state index in [4.69, 9.17) is 4.42 Å². The number of alkyl halides is 3. The molecule has 1 fully saturated rings. The molecule has 0 N–H and O–H groups in total. The van der Waals surface area contributed by atoms with E-state index in [0.29, 0.717) is 5.89 Å². The highest BCUT2D eigenvalue weighted by atomic mass is 79.9. The van der Waals surface area contributed by atoms with Crippen LogP contribution in [0.2, 0.25) is 0 Å². The summed E-state index contributed by atoms with van der Waals surface area (Å²) >= 11 is 2.97. The first kappa shape index (κ1) is 21.3. The number of hydrogen-bond donors (Lipinski definition) is 0. The molecule has 1 aromatic carbocycles. The highest BCUT2D eigenvalue weighted by Gasteiger charge is 2.38. The van der Waals surface area contributed by atoms with Crippen LogP contribution < -0.4 is 0 Å². The van der Waals surface area contributed by atoms with Crippen LogP contribution in [0.15, 0.2) is 32.0 Å². The first-order valence-corrected chi connectivity index (χ1v) is 10.9. The largest absolute Gasteiger partial charge is 0.423 e. The van der Waals surface area contributed by atoms with Crippen molar-refractivity contribution in [2.75, 3.05) is 0 Å². The third-order valence-electron chi connectivity index (χ3n) is 4.45. The van der Waals surface area contributed by atoms with E-state index in [1.165, 1.54) is 0 Å². The summed E-state index contributed by atoms with van der Waals surface area (Å²) in [5, 5.41) is 7.95. The summed E-state index contributed by atoms with van der Waals surface area (Å²) in [4.78, 5) is -0.261. The second-order valence-corrected chi connectivity index (χ2v) is 9.67. The van der Waals surface area contributed by atoms with E-state index in [1.807, 2.05) is 0 Å². The number of nitrogens with zero attached hydrogens (tertiary/aromatic N) is 3. The Hall–Kier alpha value is -1.46. The van der Waals surface area contributed by atoms with Gasteiger partial charge in [0.1, 0.15) is 6.04 Å². The van der Waals surface area contributed by atoms with Crippen LogP contribution in [0.25, 0.3) is 0 Å². The topological polar surface area (TPSA) is 76.3 Å². The minimum absolute atomic E-state index is 0.155.